The first-order chi connectivity index (χ1) is 43.8. The van der Waals surface area contributed by atoms with Crippen LogP contribution in [0, 0.1) is 42.3 Å². The summed E-state index contributed by atoms with van der Waals surface area (Å²) >= 11 is 0. The first-order valence-electron chi connectivity index (χ1n) is 34.6. The summed E-state index contributed by atoms with van der Waals surface area (Å²) in [6.45, 7) is 37.2. The quantitative estimate of drug-likeness (QED) is 0.0338. The van der Waals surface area contributed by atoms with Gasteiger partial charge in [0.2, 0.25) is 0 Å². The Bertz CT molecular complexity index is 2690. The van der Waals surface area contributed by atoms with Gasteiger partial charge >= 0.3 is 0 Å². The predicted octanol–water partition coefficient (Wildman–Crippen LogP) is 18.2. The molecule has 4 atom stereocenters. The Morgan fingerprint density at radius 3 is 1.25 bits per heavy atom. The van der Waals surface area contributed by atoms with Crippen LogP contribution in [0.1, 0.15) is 220 Å². The van der Waals surface area contributed by atoms with Crippen molar-refractivity contribution in [3.05, 3.63) is 141 Å². The van der Waals surface area contributed by atoms with Crippen LogP contribution in [0.2, 0.25) is 0 Å². The largest absolute Gasteiger partial charge is 0.378 e. The van der Waals surface area contributed by atoms with Crippen molar-refractivity contribution in [1.82, 2.24) is 21.3 Å². The molecule has 2 aliphatic heterocycles. The lowest BCUT2D eigenvalue weighted by Gasteiger charge is -2.19. The molecular weight excluding hydrogens is 1140 g/mol. The first kappa shape index (κ1) is 83.3. The van der Waals surface area contributed by atoms with Gasteiger partial charge in [0, 0.05) is 77.1 Å². The topological polar surface area (TPSA) is 167 Å². The van der Waals surface area contributed by atoms with Crippen LogP contribution in [0.3, 0.4) is 0 Å². The molecule has 2 aliphatic rings. The third kappa shape index (κ3) is 32.2. The van der Waals surface area contributed by atoms with E-state index in [2.05, 4.69) is 135 Å². The van der Waals surface area contributed by atoms with E-state index >= 15 is 4.39 Å². The molecular formula is C78H125FN6O6. The third-order valence-electron chi connectivity index (χ3n) is 16.5. The van der Waals surface area contributed by atoms with E-state index in [1.807, 2.05) is 64.1 Å². The molecule has 2 saturated heterocycles. The molecule has 4 aromatic rings. The molecule has 4 unspecified atom stereocenters. The molecule has 510 valence electrons. The van der Waals surface area contributed by atoms with Gasteiger partial charge in [0.15, 0.2) is 0 Å². The van der Waals surface area contributed by atoms with Crippen LogP contribution in [0.4, 0.5) is 4.39 Å². The number of halogens is 1. The van der Waals surface area contributed by atoms with Crippen molar-refractivity contribution in [3.8, 4) is 22.3 Å². The van der Waals surface area contributed by atoms with Crippen LogP contribution < -0.4 is 21.3 Å². The van der Waals surface area contributed by atoms with Gasteiger partial charge in [0.05, 0.1) is 25.4 Å². The SMILES string of the molecule is CCC.CCC.CCC(C)=C(Cc1ccc(-c2ccc(C=N)c(C)c2)cc1)NC(=O)C1CNCC(OC)CO1.CCC(C)=C(Cc1ccc(-c2ccc(C=N)c(C)c2)cc1F)NC(=O)C1CNCC(OC)CO1.CCCC(CC)CCC.CCCC(CC)CCC. The van der Waals surface area contributed by atoms with E-state index < -0.39 is 12.2 Å². The molecule has 0 aromatic heterocycles. The maximum absolute atomic E-state index is 15.1. The highest BCUT2D eigenvalue weighted by molar-refractivity contribution is 5.84. The highest BCUT2D eigenvalue weighted by atomic mass is 19.1. The van der Waals surface area contributed by atoms with Gasteiger partial charge in [-0.15, -0.1) is 0 Å². The van der Waals surface area contributed by atoms with E-state index in [-0.39, 0.29) is 36.3 Å². The van der Waals surface area contributed by atoms with Crippen molar-refractivity contribution in [2.75, 3.05) is 53.6 Å². The van der Waals surface area contributed by atoms with Crippen LogP contribution in [0.5, 0.6) is 0 Å². The normalized spacial score (nSPS) is 16.7. The van der Waals surface area contributed by atoms with Crippen molar-refractivity contribution >= 4 is 24.2 Å². The summed E-state index contributed by atoms with van der Waals surface area (Å²) in [5, 5.41) is 27.5. The zero-order chi connectivity index (χ0) is 68.1. The molecule has 0 saturated carbocycles. The summed E-state index contributed by atoms with van der Waals surface area (Å²) in [6, 6.07) is 25.5. The number of carbonyl (C=O) groups is 2. The Morgan fingerprint density at radius 2 is 0.912 bits per heavy atom. The number of hydrogen-bond acceptors (Lipinski definition) is 10. The van der Waals surface area contributed by atoms with Crippen LogP contribution in [-0.2, 0) is 41.4 Å². The Kier molecular flexibility index (Phi) is 45.7. The summed E-state index contributed by atoms with van der Waals surface area (Å²) in [6.07, 6.45) is 20.3. The number of ether oxygens (including phenoxy) is 4. The average molecular weight is 1260 g/mol. The van der Waals surface area contributed by atoms with Gasteiger partial charge in [0.1, 0.15) is 18.0 Å². The molecule has 0 aliphatic carbocycles. The van der Waals surface area contributed by atoms with Crippen LogP contribution >= 0.6 is 0 Å². The molecule has 6 rings (SSSR count). The molecule has 0 radical (unpaired) electrons. The zero-order valence-electron chi connectivity index (χ0n) is 60.0. The summed E-state index contributed by atoms with van der Waals surface area (Å²) in [7, 11) is 3.27. The van der Waals surface area contributed by atoms with Gasteiger partial charge in [-0.2, -0.15) is 0 Å². The van der Waals surface area contributed by atoms with Crippen molar-refractivity contribution < 1.29 is 32.9 Å². The molecule has 91 heavy (non-hydrogen) atoms. The fourth-order valence-corrected chi connectivity index (χ4v) is 10.4. The second kappa shape index (κ2) is 49.9. The second-order valence-electron chi connectivity index (χ2n) is 24.3. The third-order valence-corrected chi connectivity index (χ3v) is 16.5. The highest BCUT2D eigenvalue weighted by Gasteiger charge is 2.27. The molecule has 0 spiro atoms. The number of aryl methyl sites for hydroxylation is 2. The molecule has 13 heteroatoms. The van der Waals surface area contributed by atoms with E-state index in [1.54, 1.807) is 20.3 Å². The fourth-order valence-electron chi connectivity index (χ4n) is 10.4. The minimum atomic E-state index is -0.640. The van der Waals surface area contributed by atoms with E-state index in [0.29, 0.717) is 57.1 Å². The van der Waals surface area contributed by atoms with Crippen LogP contribution in [-0.4, -0.2) is 102 Å². The fraction of sp³-hybridized carbons (Fsp3) is 0.590. The number of benzene rings is 4. The van der Waals surface area contributed by atoms with Gasteiger partial charge in [-0.05, 0) is 114 Å². The van der Waals surface area contributed by atoms with Crippen LogP contribution in [0.15, 0.2) is 101 Å². The van der Waals surface area contributed by atoms with Crippen molar-refractivity contribution in [3.63, 3.8) is 0 Å². The molecule has 0 bridgehead atoms. The number of amides is 2. The van der Waals surface area contributed by atoms with E-state index in [9.17, 15) is 9.59 Å². The molecule has 12 nitrogen and oxygen atoms in total. The van der Waals surface area contributed by atoms with Crippen molar-refractivity contribution in [2.45, 2.75) is 238 Å². The van der Waals surface area contributed by atoms with Crippen LogP contribution in [0.25, 0.3) is 22.3 Å². The minimum Gasteiger partial charge on any atom is -0.378 e. The zero-order valence-corrected chi connectivity index (χ0v) is 60.0. The van der Waals surface area contributed by atoms with Gasteiger partial charge in [-0.3, -0.25) is 9.59 Å². The van der Waals surface area contributed by atoms with E-state index in [4.69, 9.17) is 29.8 Å². The van der Waals surface area contributed by atoms with Gasteiger partial charge in [-0.1, -0.05) is 244 Å². The maximum Gasteiger partial charge on any atom is 0.254 e. The molecule has 2 fully saturated rings. The molecule has 6 N–H and O–H groups in total. The smallest absolute Gasteiger partial charge is 0.254 e. The summed E-state index contributed by atoms with van der Waals surface area (Å²) < 4.78 is 37.3. The Hall–Kier alpha value is -5.67. The average Bonchev–Trinajstić information content (AvgIpc) is 1.91. The first-order valence-corrected chi connectivity index (χ1v) is 34.6. The Balaban J connectivity index is 0.000000671. The standard InChI is InChI=1S/C27H34FN3O3.C27H35N3O3.2C9H20.2C3H8/c1-5-17(2)25(31-27(32)26-15-30-14-23(33-4)16-34-26)12-21-8-6-20(11-24(21)28)19-7-9-22(13-29)18(3)10-19;1-5-18(2)25(30-27(31)26-16-29-15-24(32-4)17-33-26)13-20-6-8-21(9-7-20)22-10-11-23(14-28)19(3)12-22;2*1-4-7-9(6-3)8-5-2;2*1-3-2/h6-11,13,23,26,29-30H,5,12,14-16H2,1-4H3,(H,31,32);6-12,14,24,26,28-29H,5,13,15-17H2,1-4H3,(H,30,31);2*9H,4-8H2,1-3H3;2*3H2,1-2H3. The van der Waals surface area contributed by atoms with Crippen molar-refractivity contribution in [2.24, 2.45) is 11.8 Å². The van der Waals surface area contributed by atoms with Gasteiger partial charge in [-0.25, -0.2) is 4.39 Å². The molecule has 4 aromatic carbocycles. The molecule has 2 heterocycles. The van der Waals surface area contributed by atoms with E-state index in [0.717, 1.165) is 91.6 Å². The Labute approximate surface area is 552 Å². The highest BCUT2D eigenvalue weighted by Crippen LogP contribution is 2.27. The summed E-state index contributed by atoms with van der Waals surface area (Å²) in [5.41, 5.74) is 13.2. The maximum atomic E-state index is 15.1. The number of carbonyl (C=O) groups excluding carboxylic acids is 2. The summed E-state index contributed by atoms with van der Waals surface area (Å²) in [5.74, 6) is 1.34. The minimum absolute atomic E-state index is 0.0428. The lowest BCUT2D eigenvalue weighted by Crippen LogP contribution is -2.41. The monoisotopic (exact) mass is 1260 g/mol. The van der Waals surface area contributed by atoms with E-state index in [1.165, 1.54) is 95.5 Å². The Morgan fingerprint density at radius 1 is 0.549 bits per heavy atom. The second-order valence-corrected chi connectivity index (χ2v) is 24.3. The van der Waals surface area contributed by atoms with Gasteiger partial charge < -0.3 is 51.0 Å². The summed E-state index contributed by atoms with van der Waals surface area (Å²) in [4.78, 5) is 25.8. The lowest BCUT2D eigenvalue weighted by molar-refractivity contribution is -0.133. The number of nitrogens with one attached hydrogen (secondary N) is 6. The lowest BCUT2D eigenvalue weighted by atomic mass is 9.96. The number of allylic oxidation sites excluding steroid dienone is 4. The molecule has 2 amide bonds. The van der Waals surface area contributed by atoms with Crippen molar-refractivity contribution in [1.29, 1.82) is 10.8 Å². The van der Waals surface area contributed by atoms with Gasteiger partial charge in [0.25, 0.3) is 11.8 Å². The predicted molar refractivity (Wildman–Crippen MR) is 385 cm³/mol. The number of rotatable bonds is 26. The number of hydrogen-bond donors (Lipinski definition) is 6. The number of methoxy groups -OCH3 is 2.